The maximum absolute atomic E-state index is 12.8. The Hall–Kier alpha value is -2.02. The molecule has 2 heterocycles. The number of rotatable bonds is 3. The van der Waals surface area contributed by atoms with Gasteiger partial charge in [-0.3, -0.25) is 0 Å². The fourth-order valence-corrected chi connectivity index (χ4v) is 4.11. The average molecular weight is 409 g/mol. The first-order valence-electron chi connectivity index (χ1n) is 9.07. The minimum atomic E-state index is -4.38. The van der Waals surface area contributed by atoms with Gasteiger partial charge in [-0.25, -0.2) is 0 Å². The minimum Gasteiger partial charge on any atom is -0.387 e. The second-order valence-electron chi connectivity index (χ2n) is 7.32. The van der Waals surface area contributed by atoms with Crippen molar-refractivity contribution in [2.24, 2.45) is 0 Å². The molecule has 2 aromatic carbocycles. The number of hydrogen-bond donors (Lipinski definition) is 1. The summed E-state index contributed by atoms with van der Waals surface area (Å²) < 4.78 is 40.4. The van der Waals surface area contributed by atoms with Crippen LogP contribution in [0.2, 0.25) is 5.02 Å². The van der Waals surface area contributed by atoms with E-state index in [0.29, 0.717) is 10.6 Å². The van der Waals surface area contributed by atoms with Crippen LogP contribution in [0, 0.1) is 0 Å². The van der Waals surface area contributed by atoms with Crippen LogP contribution >= 0.6 is 11.6 Å². The number of hydrogen-bond acceptors (Lipinski definition) is 2. The van der Waals surface area contributed by atoms with Crippen molar-refractivity contribution in [3.05, 3.63) is 69.9 Å². The molecule has 28 heavy (non-hydrogen) atoms. The van der Waals surface area contributed by atoms with E-state index in [0.717, 1.165) is 48.2 Å². The molecule has 148 valence electrons. The van der Waals surface area contributed by atoms with Crippen LogP contribution in [0.3, 0.4) is 0 Å². The van der Waals surface area contributed by atoms with Crippen molar-refractivity contribution in [2.75, 3.05) is 13.6 Å². The van der Waals surface area contributed by atoms with E-state index >= 15 is 0 Å². The zero-order valence-electron chi connectivity index (χ0n) is 15.3. The molecule has 3 nitrogen and oxygen atoms in total. The van der Waals surface area contributed by atoms with Gasteiger partial charge in [0.25, 0.3) is 0 Å². The first-order valence-corrected chi connectivity index (χ1v) is 9.45. The predicted octanol–water partition coefficient (Wildman–Crippen LogP) is 5.04. The molecule has 0 radical (unpaired) electrons. The Balaban J connectivity index is 1.70. The largest absolute Gasteiger partial charge is 0.416 e. The molecule has 0 aliphatic carbocycles. The van der Waals surface area contributed by atoms with E-state index in [1.165, 1.54) is 17.7 Å². The van der Waals surface area contributed by atoms with Gasteiger partial charge in [0, 0.05) is 41.1 Å². The number of fused-ring (bicyclic) bond motifs is 3. The van der Waals surface area contributed by atoms with Crippen LogP contribution in [0.5, 0.6) is 0 Å². The van der Waals surface area contributed by atoms with E-state index in [9.17, 15) is 18.3 Å². The minimum absolute atomic E-state index is 0.280. The van der Waals surface area contributed by atoms with Gasteiger partial charge in [-0.15, -0.1) is 0 Å². The molecule has 4 rings (SSSR count). The van der Waals surface area contributed by atoms with E-state index in [2.05, 4.69) is 16.5 Å². The van der Waals surface area contributed by atoms with Crippen LogP contribution in [-0.4, -0.2) is 28.2 Å². The summed E-state index contributed by atoms with van der Waals surface area (Å²) in [6, 6.07) is 10.4. The van der Waals surface area contributed by atoms with Crippen molar-refractivity contribution in [1.29, 1.82) is 0 Å². The molecule has 0 amide bonds. The van der Waals surface area contributed by atoms with Crippen molar-refractivity contribution in [3.8, 4) is 0 Å². The maximum Gasteiger partial charge on any atom is 0.416 e. The van der Waals surface area contributed by atoms with E-state index in [-0.39, 0.29) is 6.54 Å². The van der Waals surface area contributed by atoms with Gasteiger partial charge in [0.05, 0.1) is 18.2 Å². The Morgan fingerprint density at radius 1 is 1.14 bits per heavy atom. The lowest BCUT2D eigenvalue weighted by molar-refractivity contribution is -0.137. The molecule has 0 fully saturated rings. The van der Waals surface area contributed by atoms with Crippen molar-refractivity contribution in [3.63, 3.8) is 0 Å². The summed E-state index contributed by atoms with van der Waals surface area (Å²) in [6.07, 6.45) is -4.44. The normalized spacial score (nSPS) is 16.4. The van der Waals surface area contributed by atoms with E-state index < -0.39 is 17.8 Å². The first-order chi connectivity index (χ1) is 13.2. The SMILES string of the molecule is CN1CCc2c(c3cc(Cl)ccc3n2CC(O)c2ccc(C(F)(F)F)cc2)C1. The Morgan fingerprint density at radius 2 is 1.86 bits per heavy atom. The van der Waals surface area contributed by atoms with Crippen molar-refractivity contribution < 1.29 is 18.3 Å². The molecule has 1 aliphatic heterocycles. The molecule has 0 saturated heterocycles. The second-order valence-corrected chi connectivity index (χ2v) is 7.76. The lowest BCUT2D eigenvalue weighted by atomic mass is 10.0. The smallest absolute Gasteiger partial charge is 0.387 e. The van der Waals surface area contributed by atoms with Gasteiger partial charge in [0.15, 0.2) is 0 Å². The molecule has 0 bridgehead atoms. The highest BCUT2D eigenvalue weighted by Crippen LogP contribution is 2.34. The zero-order chi connectivity index (χ0) is 20.1. The van der Waals surface area contributed by atoms with Gasteiger partial charge in [0.2, 0.25) is 0 Å². The maximum atomic E-state index is 12.8. The summed E-state index contributed by atoms with van der Waals surface area (Å²) >= 11 is 6.20. The van der Waals surface area contributed by atoms with E-state index in [1.54, 1.807) is 0 Å². The zero-order valence-corrected chi connectivity index (χ0v) is 16.1. The lowest BCUT2D eigenvalue weighted by Gasteiger charge is -2.25. The van der Waals surface area contributed by atoms with Crippen molar-refractivity contribution in [2.45, 2.75) is 31.8 Å². The number of halogens is 4. The summed E-state index contributed by atoms with van der Waals surface area (Å²) in [4.78, 5) is 2.24. The second kappa shape index (κ2) is 7.10. The number of alkyl halides is 3. The number of aromatic nitrogens is 1. The van der Waals surface area contributed by atoms with Crippen LogP contribution in [0.4, 0.5) is 13.2 Å². The van der Waals surface area contributed by atoms with Crippen LogP contribution in [0.25, 0.3) is 10.9 Å². The summed E-state index contributed by atoms with van der Waals surface area (Å²) in [6.45, 7) is 1.99. The first kappa shape index (κ1) is 19.3. The standard InChI is InChI=1S/C21H20ClF3N2O/c1-26-9-8-19-17(11-26)16-10-15(22)6-7-18(16)27(19)12-20(28)13-2-4-14(5-3-13)21(23,24)25/h2-7,10,20,28H,8-9,11-12H2,1H3. The molecule has 1 unspecified atom stereocenters. The van der Waals surface area contributed by atoms with Crippen LogP contribution in [-0.2, 0) is 25.7 Å². The third-order valence-corrected chi connectivity index (χ3v) is 5.62. The fraction of sp³-hybridized carbons (Fsp3) is 0.333. The monoisotopic (exact) mass is 408 g/mol. The Morgan fingerprint density at radius 3 is 2.54 bits per heavy atom. The molecule has 1 aromatic heterocycles. The van der Waals surface area contributed by atoms with Crippen molar-refractivity contribution >= 4 is 22.5 Å². The van der Waals surface area contributed by atoms with Gasteiger partial charge in [-0.2, -0.15) is 13.2 Å². The summed E-state index contributed by atoms with van der Waals surface area (Å²) in [5, 5.41) is 12.4. The number of aliphatic hydroxyl groups is 1. The quantitative estimate of drug-likeness (QED) is 0.658. The Labute approximate surface area is 165 Å². The number of likely N-dealkylation sites (N-methyl/N-ethyl adjacent to an activating group) is 1. The number of aliphatic hydroxyl groups excluding tert-OH is 1. The highest BCUT2D eigenvalue weighted by Gasteiger charge is 2.30. The topological polar surface area (TPSA) is 28.4 Å². The Bertz CT molecular complexity index is 1010. The average Bonchev–Trinajstić information content (AvgIpc) is 2.93. The third kappa shape index (κ3) is 3.52. The van der Waals surface area contributed by atoms with Gasteiger partial charge >= 0.3 is 6.18 Å². The summed E-state index contributed by atoms with van der Waals surface area (Å²) in [5.74, 6) is 0. The molecule has 0 saturated carbocycles. The van der Waals surface area contributed by atoms with E-state index in [1.807, 2.05) is 18.2 Å². The number of benzene rings is 2. The van der Waals surface area contributed by atoms with Gasteiger partial charge < -0.3 is 14.6 Å². The van der Waals surface area contributed by atoms with E-state index in [4.69, 9.17) is 11.6 Å². The third-order valence-electron chi connectivity index (χ3n) is 5.39. The highest BCUT2D eigenvalue weighted by atomic mass is 35.5. The van der Waals surface area contributed by atoms with Crippen LogP contribution < -0.4 is 0 Å². The molecule has 7 heteroatoms. The van der Waals surface area contributed by atoms with Crippen molar-refractivity contribution in [1.82, 2.24) is 9.47 Å². The summed E-state index contributed by atoms with van der Waals surface area (Å²) in [7, 11) is 2.06. The molecule has 0 spiro atoms. The molecule has 1 atom stereocenters. The highest BCUT2D eigenvalue weighted by molar-refractivity contribution is 6.31. The fourth-order valence-electron chi connectivity index (χ4n) is 3.94. The van der Waals surface area contributed by atoms with Crippen LogP contribution in [0.1, 0.15) is 28.5 Å². The Kier molecular flexibility index (Phi) is 4.89. The molecule has 1 aliphatic rings. The van der Waals surface area contributed by atoms with Gasteiger partial charge in [0.1, 0.15) is 0 Å². The molecule has 3 aromatic rings. The molecular formula is C21H20ClF3N2O. The summed E-state index contributed by atoms with van der Waals surface area (Å²) in [5.41, 5.74) is 3.08. The van der Waals surface area contributed by atoms with Gasteiger partial charge in [-0.1, -0.05) is 23.7 Å². The lowest BCUT2D eigenvalue weighted by Crippen LogP contribution is -2.27. The van der Waals surface area contributed by atoms with Crippen LogP contribution in [0.15, 0.2) is 42.5 Å². The van der Waals surface area contributed by atoms with Gasteiger partial charge in [-0.05, 0) is 48.5 Å². The number of nitrogens with zero attached hydrogens (tertiary/aromatic N) is 2. The molecule has 1 N–H and O–H groups in total. The predicted molar refractivity (Wildman–Crippen MR) is 103 cm³/mol. The molecular weight excluding hydrogens is 389 g/mol.